The van der Waals surface area contributed by atoms with Crippen molar-refractivity contribution < 1.29 is 28.9 Å². The molecule has 0 bridgehead atoms. The predicted octanol–water partition coefficient (Wildman–Crippen LogP) is 4.54. The van der Waals surface area contributed by atoms with Gasteiger partial charge >= 0.3 is 0 Å². The van der Waals surface area contributed by atoms with Crippen LogP contribution < -0.4 is 19.1 Å². The van der Waals surface area contributed by atoms with Gasteiger partial charge in [0.25, 0.3) is 5.91 Å². The Kier molecular flexibility index (Phi) is 6.77. The van der Waals surface area contributed by atoms with Crippen LogP contribution in [0.3, 0.4) is 0 Å². The normalized spacial score (nSPS) is 16.0. The summed E-state index contributed by atoms with van der Waals surface area (Å²) in [5.41, 5.74) is 2.15. The third kappa shape index (κ3) is 4.15. The van der Waals surface area contributed by atoms with Gasteiger partial charge in [0.05, 0.1) is 32.9 Å². The van der Waals surface area contributed by atoms with Crippen molar-refractivity contribution >= 4 is 17.4 Å². The van der Waals surface area contributed by atoms with Crippen molar-refractivity contribution in [2.75, 3.05) is 26.2 Å². The molecule has 0 spiro atoms. The number of rotatable bonds is 8. The maximum atomic E-state index is 13.2. The van der Waals surface area contributed by atoms with Gasteiger partial charge in [-0.2, -0.15) is 0 Å². The van der Waals surface area contributed by atoms with Crippen molar-refractivity contribution in [1.82, 2.24) is 0 Å². The molecule has 2 aromatic rings. The third-order valence-corrected chi connectivity index (χ3v) is 5.38. The summed E-state index contributed by atoms with van der Waals surface area (Å²) in [5.74, 6) is -0.196. The van der Waals surface area contributed by atoms with Crippen LogP contribution in [0.4, 0.5) is 5.69 Å². The van der Waals surface area contributed by atoms with E-state index in [0.29, 0.717) is 28.5 Å². The lowest BCUT2D eigenvalue weighted by molar-refractivity contribution is -0.118. The van der Waals surface area contributed by atoms with Crippen molar-refractivity contribution in [2.45, 2.75) is 33.2 Å². The maximum absolute atomic E-state index is 13.2. The number of anilines is 1. The lowest BCUT2D eigenvalue weighted by Gasteiger charge is -2.28. The largest absolute Gasteiger partial charge is 0.503 e. The monoisotopic (exact) mass is 439 g/mol. The molecule has 0 aromatic heterocycles. The summed E-state index contributed by atoms with van der Waals surface area (Å²) in [6.07, 6.45) is 0.204. The molecule has 1 N–H and O–H groups in total. The van der Waals surface area contributed by atoms with Gasteiger partial charge in [0.15, 0.2) is 23.0 Å². The molecule has 2 aromatic carbocycles. The molecule has 3 rings (SSSR count). The van der Waals surface area contributed by atoms with Gasteiger partial charge in [-0.3, -0.25) is 14.5 Å². The number of aliphatic hydroxyl groups excluding tert-OH is 1. The van der Waals surface area contributed by atoms with Crippen LogP contribution in [0.15, 0.2) is 47.7 Å². The van der Waals surface area contributed by atoms with E-state index >= 15 is 0 Å². The second-order valence-corrected chi connectivity index (χ2v) is 8.16. The fourth-order valence-corrected chi connectivity index (χ4v) is 3.99. The number of carbonyl (C=O) groups excluding carboxylic acids is 2. The summed E-state index contributed by atoms with van der Waals surface area (Å²) < 4.78 is 16.4. The highest BCUT2D eigenvalue weighted by Crippen LogP contribution is 2.46. The molecule has 7 heteroatoms. The number of ketones is 1. The Labute approximate surface area is 188 Å². The average molecular weight is 440 g/mol. The van der Waals surface area contributed by atoms with Gasteiger partial charge in [0, 0.05) is 12.1 Å². The second-order valence-electron chi connectivity index (χ2n) is 8.16. The standard InChI is InChI=1S/C25H29NO6/c1-14(2)10-18(27)21-22(16-12-19(30-4)24(32-6)20(13-16)31-5)26(25(29)23(21)28)17-9-7-8-15(3)11-17/h7-9,11-14,22,28H,10H2,1-6H3. The molecule has 170 valence electrons. The van der Waals surface area contributed by atoms with Gasteiger partial charge < -0.3 is 19.3 Å². The minimum atomic E-state index is -0.843. The van der Waals surface area contributed by atoms with E-state index in [4.69, 9.17) is 14.2 Å². The van der Waals surface area contributed by atoms with E-state index in [-0.39, 0.29) is 23.7 Å². The molecule has 1 heterocycles. The zero-order chi connectivity index (χ0) is 23.6. The maximum Gasteiger partial charge on any atom is 0.294 e. The zero-order valence-electron chi connectivity index (χ0n) is 19.3. The van der Waals surface area contributed by atoms with E-state index < -0.39 is 17.7 Å². The van der Waals surface area contributed by atoms with Crippen LogP contribution in [0.1, 0.15) is 37.4 Å². The van der Waals surface area contributed by atoms with Crippen LogP contribution in [0, 0.1) is 12.8 Å². The summed E-state index contributed by atoms with van der Waals surface area (Å²) in [7, 11) is 4.50. The molecule has 1 atom stereocenters. The van der Waals surface area contributed by atoms with E-state index in [1.54, 1.807) is 18.2 Å². The molecule has 0 saturated heterocycles. The van der Waals surface area contributed by atoms with E-state index in [9.17, 15) is 14.7 Å². The first-order valence-electron chi connectivity index (χ1n) is 10.4. The Morgan fingerprint density at radius 1 is 1.06 bits per heavy atom. The number of ether oxygens (including phenoxy) is 3. The Morgan fingerprint density at radius 3 is 2.19 bits per heavy atom. The molecule has 1 amide bonds. The molecule has 1 aliphatic heterocycles. The SMILES string of the molecule is COc1cc(C2C(C(=O)CC(C)C)=C(O)C(=O)N2c2cccc(C)c2)cc(OC)c1OC. The summed E-state index contributed by atoms with van der Waals surface area (Å²) in [5, 5.41) is 10.8. The molecule has 0 aliphatic carbocycles. The van der Waals surface area contributed by atoms with Crippen molar-refractivity contribution in [1.29, 1.82) is 0 Å². The minimum absolute atomic E-state index is 0.0616. The highest BCUT2D eigenvalue weighted by molar-refractivity contribution is 6.16. The van der Waals surface area contributed by atoms with Gasteiger partial charge in [-0.25, -0.2) is 0 Å². The van der Waals surface area contributed by atoms with Crippen LogP contribution in [0.25, 0.3) is 0 Å². The number of methoxy groups -OCH3 is 3. The van der Waals surface area contributed by atoms with Crippen LogP contribution >= 0.6 is 0 Å². The lowest BCUT2D eigenvalue weighted by Crippen LogP contribution is -2.31. The number of benzene rings is 2. The Balaban J connectivity index is 2.26. The first kappa shape index (κ1) is 23.2. The first-order chi connectivity index (χ1) is 15.2. The highest BCUT2D eigenvalue weighted by Gasteiger charge is 2.44. The Morgan fingerprint density at radius 2 is 1.69 bits per heavy atom. The molecule has 32 heavy (non-hydrogen) atoms. The van der Waals surface area contributed by atoms with Gasteiger partial charge in [0.2, 0.25) is 5.75 Å². The molecule has 0 radical (unpaired) electrons. The Bertz CT molecular complexity index is 1050. The van der Waals surface area contributed by atoms with Crippen molar-refractivity contribution in [3.05, 3.63) is 58.9 Å². The fourth-order valence-electron chi connectivity index (χ4n) is 3.99. The molecule has 0 fully saturated rings. The van der Waals surface area contributed by atoms with E-state index in [0.717, 1.165) is 5.56 Å². The summed E-state index contributed by atoms with van der Waals surface area (Å²) in [4.78, 5) is 27.8. The molecule has 0 saturated carbocycles. The van der Waals surface area contributed by atoms with E-state index in [2.05, 4.69) is 0 Å². The van der Waals surface area contributed by atoms with Gasteiger partial charge in [-0.05, 0) is 48.2 Å². The number of hydrogen-bond donors (Lipinski definition) is 1. The number of nitrogens with zero attached hydrogens (tertiary/aromatic N) is 1. The van der Waals surface area contributed by atoms with E-state index in [1.807, 2.05) is 39.0 Å². The predicted molar refractivity (Wildman–Crippen MR) is 122 cm³/mol. The van der Waals surface area contributed by atoms with Crippen LogP contribution in [0.5, 0.6) is 17.2 Å². The third-order valence-electron chi connectivity index (χ3n) is 5.38. The van der Waals surface area contributed by atoms with Crippen LogP contribution in [-0.2, 0) is 9.59 Å². The quantitative estimate of drug-likeness (QED) is 0.650. The molecule has 1 unspecified atom stereocenters. The van der Waals surface area contributed by atoms with Gasteiger partial charge in [-0.15, -0.1) is 0 Å². The molecular weight excluding hydrogens is 410 g/mol. The average Bonchev–Trinajstić information content (AvgIpc) is 3.02. The summed E-state index contributed by atoms with van der Waals surface area (Å²) in [6, 6.07) is 9.91. The summed E-state index contributed by atoms with van der Waals surface area (Å²) >= 11 is 0. The molecular formula is C25H29NO6. The number of Topliss-reactive ketones (excluding diaryl/α,β-unsaturated/α-hetero) is 1. The van der Waals surface area contributed by atoms with Gasteiger partial charge in [-0.1, -0.05) is 26.0 Å². The number of carbonyl (C=O) groups is 2. The zero-order valence-corrected chi connectivity index (χ0v) is 19.3. The number of aryl methyl sites for hydroxylation is 1. The highest BCUT2D eigenvalue weighted by atomic mass is 16.5. The second kappa shape index (κ2) is 9.34. The molecule has 1 aliphatic rings. The summed E-state index contributed by atoms with van der Waals surface area (Å²) in [6.45, 7) is 5.74. The number of hydrogen-bond acceptors (Lipinski definition) is 6. The topological polar surface area (TPSA) is 85.3 Å². The lowest BCUT2D eigenvalue weighted by atomic mass is 9.91. The van der Waals surface area contributed by atoms with Crippen molar-refractivity contribution in [3.63, 3.8) is 0 Å². The van der Waals surface area contributed by atoms with Crippen molar-refractivity contribution in [2.24, 2.45) is 5.92 Å². The fraction of sp³-hybridized carbons (Fsp3) is 0.360. The first-order valence-corrected chi connectivity index (χ1v) is 10.4. The number of amides is 1. The van der Waals surface area contributed by atoms with Crippen LogP contribution in [-0.4, -0.2) is 38.1 Å². The van der Waals surface area contributed by atoms with Crippen LogP contribution in [0.2, 0.25) is 0 Å². The number of aliphatic hydroxyl groups is 1. The van der Waals surface area contributed by atoms with Gasteiger partial charge in [0.1, 0.15) is 0 Å². The van der Waals surface area contributed by atoms with Crippen molar-refractivity contribution in [3.8, 4) is 17.2 Å². The minimum Gasteiger partial charge on any atom is -0.503 e. The Hall–Kier alpha value is -3.48. The van der Waals surface area contributed by atoms with E-state index in [1.165, 1.54) is 26.2 Å². The molecule has 7 nitrogen and oxygen atoms in total. The smallest absolute Gasteiger partial charge is 0.294 e.